The fourth-order valence-electron chi connectivity index (χ4n) is 4.49. The Morgan fingerprint density at radius 2 is 1.87 bits per heavy atom. The molecule has 2 amide bonds. The van der Waals surface area contributed by atoms with Crippen LogP contribution in [0, 0.1) is 0 Å². The van der Waals surface area contributed by atoms with E-state index in [1.165, 1.54) is 16.7 Å². The summed E-state index contributed by atoms with van der Waals surface area (Å²) in [5.41, 5.74) is 2.86. The van der Waals surface area contributed by atoms with Gasteiger partial charge in [-0.25, -0.2) is 4.68 Å². The van der Waals surface area contributed by atoms with E-state index in [0.29, 0.717) is 29.7 Å². The van der Waals surface area contributed by atoms with E-state index in [-0.39, 0.29) is 34.8 Å². The number of carbonyl (C=O) groups excluding carboxylic acids is 2. The van der Waals surface area contributed by atoms with Crippen molar-refractivity contribution in [3.63, 3.8) is 0 Å². The van der Waals surface area contributed by atoms with Crippen LogP contribution in [0.4, 0.5) is 5.82 Å². The van der Waals surface area contributed by atoms with Gasteiger partial charge in [0.25, 0.3) is 0 Å². The fourth-order valence-corrected chi connectivity index (χ4v) is 5.92. The van der Waals surface area contributed by atoms with Crippen molar-refractivity contribution in [1.29, 1.82) is 0 Å². The molecule has 0 fully saturated rings. The number of nitrogens with zero attached hydrogens (tertiary/aromatic N) is 3. The van der Waals surface area contributed by atoms with Gasteiger partial charge in [-0.15, -0.1) is 11.8 Å². The zero-order valence-corrected chi connectivity index (χ0v) is 23.9. The largest absolute Gasteiger partial charge is 0.496 e. The van der Waals surface area contributed by atoms with Crippen LogP contribution in [0.5, 0.6) is 5.75 Å². The Morgan fingerprint density at radius 3 is 2.55 bits per heavy atom. The molecule has 10 heteroatoms. The van der Waals surface area contributed by atoms with Gasteiger partial charge >= 0.3 is 0 Å². The van der Waals surface area contributed by atoms with Crippen molar-refractivity contribution in [3.05, 3.63) is 70.4 Å². The van der Waals surface area contributed by atoms with Crippen LogP contribution < -0.4 is 15.0 Å². The van der Waals surface area contributed by atoms with Crippen molar-refractivity contribution in [2.75, 3.05) is 44.6 Å². The Balaban J connectivity index is 1.99. The minimum absolute atomic E-state index is 0.158. The molecule has 0 spiro atoms. The number of fused-ring (bicyclic) bond motifs is 1. The summed E-state index contributed by atoms with van der Waals surface area (Å²) in [7, 11) is 3.21. The number of amides is 2. The number of para-hydroxylation sites is 2. The number of anilines is 1. The maximum Gasteiger partial charge on any atom is 0.240 e. The van der Waals surface area contributed by atoms with Crippen molar-refractivity contribution < 1.29 is 19.1 Å². The molecule has 0 saturated carbocycles. The highest BCUT2D eigenvalue weighted by Gasteiger charge is 2.40. The Hall–Kier alpha value is -3.01. The first-order valence-electron chi connectivity index (χ1n) is 12.4. The lowest BCUT2D eigenvalue weighted by Gasteiger charge is -2.25. The van der Waals surface area contributed by atoms with Crippen LogP contribution in [0.3, 0.4) is 0 Å². The van der Waals surface area contributed by atoms with Gasteiger partial charge < -0.3 is 14.8 Å². The average Bonchev–Trinajstić information content (AvgIpc) is 3.22. The van der Waals surface area contributed by atoms with Gasteiger partial charge in [-0.1, -0.05) is 62.7 Å². The lowest BCUT2D eigenvalue weighted by Crippen LogP contribution is -2.43. The van der Waals surface area contributed by atoms with E-state index in [0.717, 1.165) is 22.6 Å². The number of nitrogens with one attached hydrogen (secondary N) is 1. The molecule has 1 atom stereocenters. The number of benzene rings is 2. The number of thioether (sulfide) groups is 1. The number of hydrogen-bond donors (Lipinski definition) is 1. The number of halogens is 1. The third kappa shape index (κ3) is 5.70. The van der Waals surface area contributed by atoms with Gasteiger partial charge in [-0.05, 0) is 18.2 Å². The molecule has 8 nitrogen and oxygen atoms in total. The second-order valence-corrected chi connectivity index (χ2v) is 11.5. The van der Waals surface area contributed by atoms with Crippen LogP contribution in [0.15, 0.2) is 48.5 Å². The molecule has 2 heterocycles. The SMILES string of the molecule is COCCNC(=O)CN1C(=O)CS[C@@H](c2ccccc2OC)c2c(C(C)(C)C)nn(-c3ccccc3Cl)c21. The van der Waals surface area contributed by atoms with Crippen LogP contribution in [0.2, 0.25) is 5.02 Å². The van der Waals surface area contributed by atoms with Crippen molar-refractivity contribution in [2.24, 2.45) is 0 Å². The molecule has 1 N–H and O–H groups in total. The second kappa shape index (κ2) is 11.8. The van der Waals surface area contributed by atoms with Gasteiger partial charge in [-0.3, -0.25) is 14.5 Å². The molecule has 202 valence electrons. The minimum Gasteiger partial charge on any atom is -0.496 e. The molecule has 0 unspecified atom stereocenters. The monoisotopic (exact) mass is 556 g/mol. The molecule has 4 rings (SSSR count). The topological polar surface area (TPSA) is 85.7 Å². The van der Waals surface area contributed by atoms with Crippen LogP contribution in [-0.2, 0) is 19.7 Å². The Morgan fingerprint density at radius 1 is 1.16 bits per heavy atom. The van der Waals surface area contributed by atoms with Crippen LogP contribution in [0.25, 0.3) is 5.69 Å². The Labute approximate surface area is 232 Å². The third-order valence-electron chi connectivity index (χ3n) is 6.23. The molecule has 0 radical (unpaired) electrons. The highest BCUT2D eigenvalue weighted by Crippen LogP contribution is 2.50. The maximum atomic E-state index is 13.7. The Kier molecular flexibility index (Phi) is 8.70. The zero-order chi connectivity index (χ0) is 27.4. The molecule has 1 aliphatic heterocycles. The number of carbonyl (C=O) groups is 2. The first-order valence-corrected chi connectivity index (χ1v) is 13.8. The average molecular weight is 557 g/mol. The molecule has 0 saturated heterocycles. The predicted molar refractivity (Wildman–Crippen MR) is 152 cm³/mol. The van der Waals surface area contributed by atoms with Gasteiger partial charge in [0, 0.05) is 30.2 Å². The van der Waals surface area contributed by atoms with E-state index < -0.39 is 0 Å². The number of ether oxygens (including phenoxy) is 2. The molecule has 1 aromatic heterocycles. The summed E-state index contributed by atoms with van der Waals surface area (Å²) in [6.45, 7) is 6.83. The van der Waals surface area contributed by atoms with E-state index in [9.17, 15) is 9.59 Å². The number of rotatable bonds is 8. The van der Waals surface area contributed by atoms with Gasteiger partial charge in [0.2, 0.25) is 11.8 Å². The van der Waals surface area contributed by atoms with Crippen molar-refractivity contribution in [3.8, 4) is 11.4 Å². The second-order valence-electron chi connectivity index (χ2n) is 9.95. The van der Waals surface area contributed by atoms with E-state index in [2.05, 4.69) is 26.1 Å². The molecule has 0 bridgehead atoms. The summed E-state index contributed by atoms with van der Waals surface area (Å²) >= 11 is 8.16. The van der Waals surface area contributed by atoms with Crippen molar-refractivity contribution in [2.45, 2.75) is 31.4 Å². The summed E-state index contributed by atoms with van der Waals surface area (Å²) in [5, 5.41) is 8.12. The minimum atomic E-state index is -0.378. The normalized spacial score (nSPS) is 15.7. The van der Waals surface area contributed by atoms with Crippen molar-refractivity contribution >= 4 is 41.0 Å². The van der Waals surface area contributed by atoms with Crippen LogP contribution in [-0.4, -0.2) is 61.3 Å². The van der Waals surface area contributed by atoms with E-state index >= 15 is 0 Å². The number of aromatic nitrogens is 2. The summed E-state index contributed by atoms with van der Waals surface area (Å²) in [4.78, 5) is 28.2. The van der Waals surface area contributed by atoms with E-state index in [1.807, 2.05) is 42.5 Å². The lowest BCUT2D eigenvalue weighted by molar-refractivity contribution is -0.123. The maximum absolute atomic E-state index is 13.7. The first kappa shape index (κ1) is 28.0. The summed E-state index contributed by atoms with van der Waals surface area (Å²) < 4.78 is 12.5. The zero-order valence-electron chi connectivity index (χ0n) is 22.3. The van der Waals surface area contributed by atoms with Gasteiger partial charge in [0.1, 0.15) is 18.1 Å². The summed E-state index contributed by atoms with van der Waals surface area (Å²) in [6.07, 6.45) is 0. The quantitative estimate of drug-likeness (QED) is 0.403. The first-order chi connectivity index (χ1) is 18.2. The lowest BCUT2D eigenvalue weighted by atomic mass is 9.87. The molecule has 0 aliphatic carbocycles. The smallest absolute Gasteiger partial charge is 0.240 e. The van der Waals surface area contributed by atoms with Gasteiger partial charge in [0.05, 0.1) is 41.1 Å². The summed E-state index contributed by atoms with van der Waals surface area (Å²) in [6, 6.07) is 15.2. The van der Waals surface area contributed by atoms with Crippen LogP contribution >= 0.6 is 23.4 Å². The number of hydrogen-bond acceptors (Lipinski definition) is 6. The third-order valence-corrected chi connectivity index (χ3v) is 7.79. The molecule has 1 aliphatic rings. The fraction of sp³-hybridized carbons (Fsp3) is 0.393. The summed E-state index contributed by atoms with van der Waals surface area (Å²) in [5.74, 6) is 0.959. The standard InChI is InChI=1S/C28H33ClN4O4S/c1-28(2,3)26-24-25(18-10-6-9-13-21(18)37-5)38-17-23(35)32(16-22(34)30-14-15-36-4)27(24)33(31-26)20-12-8-7-11-19(20)29/h6-13,25H,14-17H2,1-5H3,(H,30,34)/t25-/m0/s1. The highest BCUT2D eigenvalue weighted by molar-refractivity contribution is 8.00. The molecule has 38 heavy (non-hydrogen) atoms. The van der Waals surface area contributed by atoms with Crippen LogP contribution in [0.1, 0.15) is 42.8 Å². The van der Waals surface area contributed by atoms with Crippen molar-refractivity contribution in [1.82, 2.24) is 15.1 Å². The van der Waals surface area contributed by atoms with E-state index in [4.69, 9.17) is 26.2 Å². The van der Waals surface area contributed by atoms with Gasteiger partial charge in [-0.2, -0.15) is 5.10 Å². The molecule has 2 aromatic carbocycles. The van der Waals surface area contributed by atoms with E-state index in [1.54, 1.807) is 25.0 Å². The molecular formula is C28H33ClN4O4S. The Bertz CT molecular complexity index is 1320. The van der Waals surface area contributed by atoms with Gasteiger partial charge in [0.15, 0.2) is 0 Å². The number of methoxy groups -OCH3 is 2. The molecular weight excluding hydrogens is 524 g/mol. The predicted octanol–water partition coefficient (Wildman–Crippen LogP) is 4.76. The molecule has 3 aromatic rings. The highest BCUT2D eigenvalue weighted by atomic mass is 35.5.